The third kappa shape index (κ3) is 2.15. The number of aromatic nitrogens is 1. The lowest BCUT2D eigenvalue weighted by atomic mass is 10.1. The van der Waals surface area contributed by atoms with Gasteiger partial charge in [0.25, 0.3) is 0 Å². The van der Waals surface area contributed by atoms with Crippen molar-refractivity contribution in [3.8, 4) is 5.75 Å². The monoisotopic (exact) mass is 231 g/mol. The fourth-order valence-electron chi connectivity index (χ4n) is 2.19. The van der Waals surface area contributed by atoms with Crippen molar-refractivity contribution >= 4 is 10.9 Å². The molecule has 0 atom stereocenters. The third-order valence-corrected chi connectivity index (χ3v) is 3.57. The molecule has 0 unspecified atom stereocenters. The number of methoxy groups -OCH3 is 1. The van der Waals surface area contributed by atoms with E-state index in [9.17, 15) is 5.11 Å². The van der Waals surface area contributed by atoms with Crippen molar-refractivity contribution in [3.05, 3.63) is 30.0 Å². The summed E-state index contributed by atoms with van der Waals surface area (Å²) >= 11 is 0. The Bertz CT molecular complexity index is 540. The molecule has 1 aliphatic rings. The summed E-state index contributed by atoms with van der Waals surface area (Å²) < 4.78 is 5.20. The van der Waals surface area contributed by atoms with Crippen molar-refractivity contribution in [2.75, 3.05) is 7.11 Å². The molecule has 1 heterocycles. The van der Waals surface area contributed by atoms with Gasteiger partial charge in [-0.1, -0.05) is 0 Å². The van der Waals surface area contributed by atoms with E-state index in [0.29, 0.717) is 0 Å². The summed E-state index contributed by atoms with van der Waals surface area (Å²) in [6.45, 7) is 0. The van der Waals surface area contributed by atoms with Crippen LogP contribution in [-0.2, 0) is 6.42 Å². The number of H-pyrrole nitrogens is 1. The first-order chi connectivity index (χ1) is 8.18. The van der Waals surface area contributed by atoms with Crippen LogP contribution in [0, 0.1) is 0 Å². The first-order valence-corrected chi connectivity index (χ1v) is 6.07. The summed E-state index contributed by atoms with van der Waals surface area (Å²) in [6, 6.07) is 8.18. The van der Waals surface area contributed by atoms with Gasteiger partial charge in [0.2, 0.25) is 0 Å². The second kappa shape index (κ2) is 3.77. The molecule has 0 aliphatic heterocycles. The van der Waals surface area contributed by atoms with Crippen molar-refractivity contribution in [2.24, 2.45) is 0 Å². The maximum Gasteiger partial charge on any atom is 0.120 e. The normalized spacial score (nSPS) is 17.3. The number of aromatic amines is 1. The maximum atomic E-state index is 9.81. The second-order valence-corrected chi connectivity index (χ2v) is 4.97. The third-order valence-electron chi connectivity index (χ3n) is 3.57. The van der Waals surface area contributed by atoms with E-state index >= 15 is 0 Å². The van der Waals surface area contributed by atoms with Crippen LogP contribution < -0.4 is 4.74 Å². The number of aliphatic hydroxyl groups is 1. The van der Waals surface area contributed by atoms with E-state index < -0.39 is 0 Å². The molecule has 0 spiro atoms. The van der Waals surface area contributed by atoms with Gasteiger partial charge in [0.05, 0.1) is 12.7 Å². The molecule has 90 valence electrons. The molecule has 1 saturated carbocycles. The van der Waals surface area contributed by atoms with Crippen LogP contribution in [0.5, 0.6) is 5.75 Å². The highest BCUT2D eigenvalue weighted by molar-refractivity contribution is 5.81. The van der Waals surface area contributed by atoms with Crippen LogP contribution in [0.3, 0.4) is 0 Å². The van der Waals surface area contributed by atoms with Gasteiger partial charge in [-0.15, -0.1) is 0 Å². The minimum atomic E-state index is -0.366. The van der Waals surface area contributed by atoms with Crippen LogP contribution in [0.2, 0.25) is 0 Å². The molecule has 0 bridgehead atoms. The Kier molecular flexibility index (Phi) is 2.37. The zero-order valence-electron chi connectivity index (χ0n) is 9.99. The molecule has 0 amide bonds. The van der Waals surface area contributed by atoms with Crippen molar-refractivity contribution in [1.82, 2.24) is 4.98 Å². The maximum absolute atomic E-state index is 9.81. The Balaban J connectivity index is 1.80. The Morgan fingerprint density at radius 1 is 1.35 bits per heavy atom. The quantitative estimate of drug-likeness (QED) is 0.849. The SMILES string of the molecule is COc1ccc2cc(CCC3(O)CC3)[nH]c2c1. The molecular formula is C14H17NO2. The summed E-state index contributed by atoms with van der Waals surface area (Å²) in [7, 11) is 1.67. The highest BCUT2D eigenvalue weighted by atomic mass is 16.5. The van der Waals surface area contributed by atoms with E-state index in [1.54, 1.807) is 7.11 Å². The summed E-state index contributed by atoms with van der Waals surface area (Å²) in [4.78, 5) is 3.38. The predicted octanol–water partition coefficient (Wildman–Crippen LogP) is 2.63. The number of aryl methyl sites for hydroxylation is 1. The molecule has 0 saturated heterocycles. The number of rotatable bonds is 4. The second-order valence-electron chi connectivity index (χ2n) is 4.97. The van der Waals surface area contributed by atoms with Crippen LogP contribution in [0.15, 0.2) is 24.3 Å². The first kappa shape index (κ1) is 10.7. The lowest BCUT2D eigenvalue weighted by Gasteiger charge is -2.04. The molecule has 3 heteroatoms. The number of hydrogen-bond acceptors (Lipinski definition) is 2. The van der Waals surface area contributed by atoms with Crippen molar-refractivity contribution < 1.29 is 9.84 Å². The zero-order valence-corrected chi connectivity index (χ0v) is 9.99. The zero-order chi connectivity index (χ0) is 11.9. The van der Waals surface area contributed by atoms with Gasteiger partial charge in [-0.25, -0.2) is 0 Å². The number of nitrogens with one attached hydrogen (secondary N) is 1. The van der Waals surface area contributed by atoms with E-state index in [2.05, 4.69) is 17.1 Å². The molecule has 1 aromatic carbocycles. The number of fused-ring (bicyclic) bond motifs is 1. The minimum Gasteiger partial charge on any atom is -0.497 e. The van der Waals surface area contributed by atoms with Crippen LogP contribution in [-0.4, -0.2) is 22.8 Å². The average Bonchev–Trinajstić information content (AvgIpc) is 2.93. The molecular weight excluding hydrogens is 214 g/mol. The smallest absolute Gasteiger partial charge is 0.120 e. The predicted molar refractivity (Wildman–Crippen MR) is 67.4 cm³/mol. The van der Waals surface area contributed by atoms with Gasteiger partial charge in [0, 0.05) is 17.3 Å². The topological polar surface area (TPSA) is 45.2 Å². The Morgan fingerprint density at radius 2 is 2.18 bits per heavy atom. The van der Waals surface area contributed by atoms with Crippen LogP contribution in [0.4, 0.5) is 0 Å². The van der Waals surface area contributed by atoms with Gasteiger partial charge < -0.3 is 14.8 Å². The van der Waals surface area contributed by atoms with E-state index in [-0.39, 0.29) is 5.60 Å². The molecule has 3 rings (SSSR count). The van der Waals surface area contributed by atoms with Crippen LogP contribution in [0.1, 0.15) is 25.0 Å². The number of hydrogen-bond donors (Lipinski definition) is 2. The van der Waals surface area contributed by atoms with Crippen molar-refractivity contribution in [2.45, 2.75) is 31.3 Å². The Labute approximate surface area is 100 Å². The highest BCUT2D eigenvalue weighted by Crippen LogP contribution is 2.39. The largest absolute Gasteiger partial charge is 0.497 e. The molecule has 1 aromatic heterocycles. The lowest BCUT2D eigenvalue weighted by Crippen LogP contribution is -2.07. The summed E-state index contributed by atoms with van der Waals surface area (Å²) in [5.74, 6) is 0.867. The molecule has 2 N–H and O–H groups in total. The fourth-order valence-corrected chi connectivity index (χ4v) is 2.19. The van der Waals surface area contributed by atoms with Crippen molar-refractivity contribution in [1.29, 1.82) is 0 Å². The van der Waals surface area contributed by atoms with E-state index in [4.69, 9.17) is 4.74 Å². The Morgan fingerprint density at radius 3 is 2.88 bits per heavy atom. The van der Waals surface area contributed by atoms with Gasteiger partial charge in [-0.05, 0) is 49.3 Å². The first-order valence-electron chi connectivity index (χ1n) is 6.07. The van der Waals surface area contributed by atoms with E-state index in [1.807, 2.05) is 12.1 Å². The van der Waals surface area contributed by atoms with Gasteiger partial charge in [0.1, 0.15) is 5.75 Å². The number of ether oxygens (including phenoxy) is 1. The van der Waals surface area contributed by atoms with Crippen LogP contribution in [0.25, 0.3) is 10.9 Å². The summed E-state index contributed by atoms with van der Waals surface area (Å²) in [5.41, 5.74) is 1.92. The summed E-state index contributed by atoms with van der Waals surface area (Å²) in [5, 5.41) is 11.0. The average molecular weight is 231 g/mol. The Hall–Kier alpha value is -1.48. The standard InChI is InChI=1S/C14H17NO2/c1-17-12-3-2-10-8-11(15-13(10)9-12)4-5-14(16)6-7-14/h2-3,8-9,15-16H,4-7H2,1H3. The van der Waals surface area contributed by atoms with E-state index in [0.717, 1.165) is 36.9 Å². The van der Waals surface area contributed by atoms with Gasteiger partial charge in [0.15, 0.2) is 0 Å². The lowest BCUT2D eigenvalue weighted by molar-refractivity contribution is 0.140. The summed E-state index contributed by atoms with van der Waals surface area (Å²) in [6.07, 6.45) is 3.69. The molecule has 1 aliphatic carbocycles. The van der Waals surface area contributed by atoms with Crippen molar-refractivity contribution in [3.63, 3.8) is 0 Å². The van der Waals surface area contributed by atoms with Gasteiger partial charge in [-0.2, -0.15) is 0 Å². The molecule has 17 heavy (non-hydrogen) atoms. The van der Waals surface area contributed by atoms with Crippen LogP contribution >= 0.6 is 0 Å². The van der Waals surface area contributed by atoms with Gasteiger partial charge >= 0.3 is 0 Å². The fraction of sp³-hybridized carbons (Fsp3) is 0.429. The highest BCUT2D eigenvalue weighted by Gasteiger charge is 2.39. The molecule has 3 nitrogen and oxygen atoms in total. The molecule has 2 aromatic rings. The molecule has 1 fully saturated rings. The van der Waals surface area contributed by atoms with E-state index in [1.165, 1.54) is 11.1 Å². The molecule has 0 radical (unpaired) electrons. The van der Waals surface area contributed by atoms with Gasteiger partial charge in [-0.3, -0.25) is 0 Å². The number of benzene rings is 1. The minimum absolute atomic E-state index is 0.366.